The Morgan fingerprint density at radius 3 is 2.33 bits per heavy atom. The van der Waals surface area contributed by atoms with Crippen molar-refractivity contribution in [2.75, 3.05) is 33.1 Å². The first-order chi connectivity index (χ1) is 12.7. The third-order valence-electron chi connectivity index (χ3n) is 3.56. The summed E-state index contributed by atoms with van der Waals surface area (Å²) < 4.78 is 35.1. The van der Waals surface area contributed by atoms with Crippen LogP contribution in [-0.2, 0) is 19.6 Å². The van der Waals surface area contributed by atoms with Gasteiger partial charge in [-0.15, -0.1) is 0 Å². The average molecular weight is 392 g/mol. The maximum atomic E-state index is 12.0. The normalized spacial score (nSPS) is 11.1. The van der Waals surface area contributed by atoms with E-state index in [4.69, 9.17) is 9.47 Å². The minimum atomic E-state index is -3.58. The molecule has 0 fully saturated rings. The molecule has 0 atom stereocenters. The Balaban J connectivity index is 1.94. The lowest BCUT2D eigenvalue weighted by Gasteiger charge is -2.11. The van der Waals surface area contributed by atoms with Gasteiger partial charge < -0.3 is 14.8 Å². The molecule has 27 heavy (non-hydrogen) atoms. The van der Waals surface area contributed by atoms with Crippen LogP contribution in [0.2, 0.25) is 0 Å². The summed E-state index contributed by atoms with van der Waals surface area (Å²) >= 11 is 0. The molecule has 2 aromatic carbocycles. The van der Waals surface area contributed by atoms with E-state index in [0.717, 1.165) is 4.31 Å². The van der Waals surface area contributed by atoms with Gasteiger partial charge in [-0.3, -0.25) is 4.79 Å². The molecule has 0 saturated heterocycles. The van der Waals surface area contributed by atoms with Gasteiger partial charge in [0.2, 0.25) is 10.0 Å². The molecule has 0 aromatic heterocycles. The van der Waals surface area contributed by atoms with Crippen LogP contribution in [0, 0.1) is 0 Å². The number of carbonyl (C=O) groups excluding carboxylic acids is 2. The molecule has 0 aliphatic carbocycles. The molecule has 0 radical (unpaired) electrons. The number of nitrogens with zero attached hydrogens (tertiary/aromatic N) is 1. The zero-order chi connectivity index (χ0) is 20.0. The molecule has 8 nitrogen and oxygen atoms in total. The second-order valence-corrected chi connectivity index (χ2v) is 7.82. The molecule has 144 valence electrons. The van der Waals surface area contributed by atoms with Crippen molar-refractivity contribution >= 4 is 27.6 Å². The summed E-state index contributed by atoms with van der Waals surface area (Å²) in [5.74, 6) is -0.662. The number of nitrogens with one attached hydrogen (secondary N) is 1. The zero-order valence-corrected chi connectivity index (χ0v) is 15.9. The minimum Gasteiger partial charge on any atom is -0.497 e. The van der Waals surface area contributed by atoms with Crippen LogP contribution in [0.5, 0.6) is 5.75 Å². The van der Waals surface area contributed by atoms with E-state index in [1.807, 2.05) is 0 Å². The summed E-state index contributed by atoms with van der Waals surface area (Å²) in [6.07, 6.45) is 0. The van der Waals surface area contributed by atoms with Crippen LogP contribution in [0.4, 0.5) is 5.69 Å². The number of carbonyl (C=O) groups is 2. The second kappa shape index (κ2) is 8.65. The van der Waals surface area contributed by atoms with E-state index in [0.29, 0.717) is 11.4 Å². The van der Waals surface area contributed by atoms with Crippen LogP contribution >= 0.6 is 0 Å². The van der Waals surface area contributed by atoms with E-state index in [1.165, 1.54) is 45.5 Å². The standard InChI is InChI=1S/C18H20N2O6S/c1-20(2)27(23,24)16-9-7-13(8-10-16)18(22)26-12-17(21)19-14-5-4-6-15(11-14)25-3/h4-11H,12H2,1-3H3,(H,19,21). The Morgan fingerprint density at radius 1 is 1.07 bits per heavy atom. The highest BCUT2D eigenvalue weighted by atomic mass is 32.2. The van der Waals surface area contributed by atoms with Gasteiger partial charge in [0.05, 0.1) is 17.6 Å². The number of hydrogen-bond acceptors (Lipinski definition) is 6. The second-order valence-electron chi connectivity index (χ2n) is 5.67. The molecule has 9 heteroatoms. The minimum absolute atomic E-state index is 0.0554. The number of hydrogen-bond donors (Lipinski definition) is 1. The van der Waals surface area contributed by atoms with Gasteiger partial charge in [-0.2, -0.15) is 0 Å². The molecule has 2 aromatic rings. The Hall–Kier alpha value is -2.91. The maximum Gasteiger partial charge on any atom is 0.338 e. The van der Waals surface area contributed by atoms with E-state index >= 15 is 0 Å². The molecule has 0 unspecified atom stereocenters. The van der Waals surface area contributed by atoms with Crippen molar-refractivity contribution in [1.29, 1.82) is 0 Å². The maximum absolute atomic E-state index is 12.0. The third kappa shape index (κ3) is 5.28. The number of rotatable bonds is 7. The summed E-state index contributed by atoms with van der Waals surface area (Å²) in [6.45, 7) is -0.478. The van der Waals surface area contributed by atoms with E-state index in [1.54, 1.807) is 24.3 Å². The first kappa shape index (κ1) is 20.4. The largest absolute Gasteiger partial charge is 0.497 e. The molecule has 2 rings (SSSR count). The Labute approximate surface area is 157 Å². The van der Waals surface area contributed by atoms with Gasteiger partial charge in [-0.25, -0.2) is 17.5 Å². The highest BCUT2D eigenvalue weighted by molar-refractivity contribution is 7.89. The SMILES string of the molecule is COc1cccc(NC(=O)COC(=O)c2ccc(S(=O)(=O)N(C)C)cc2)c1. The Bertz CT molecular complexity index is 923. The van der Waals surface area contributed by atoms with E-state index < -0.39 is 28.5 Å². The molecule has 0 aliphatic heterocycles. The topological polar surface area (TPSA) is 102 Å². The lowest BCUT2D eigenvalue weighted by molar-refractivity contribution is -0.119. The number of methoxy groups -OCH3 is 1. The molecular weight excluding hydrogens is 372 g/mol. The molecule has 1 N–H and O–H groups in total. The molecule has 0 aliphatic rings. The van der Waals surface area contributed by atoms with Crippen molar-refractivity contribution in [3.05, 3.63) is 54.1 Å². The Kier molecular flexibility index (Phi) is 6.54. The number of anilines is 1. The van der Waals surface area contributed by atoms with Gasteiger partial charge in [-0.1, -0.05) is 6.07 Å². The quantitative estimate of drug-likeness (QED) is 0.720. The van der Waals surface area contributed by atoms with Crippen LogP contribution in [0.3, 0.4) is 0 Å². The van der Waals surface area contributed by atoms with Gasteiger partial charge in [0.25, 0.3) is 5.91 Å². The summed E-state index contributed by atoms with van der Waals surface area (Å²) in [4.78, 5) is 24.0. The fraction of sp³-hybridized carbons (Fsp3) is 0.222. The van der Waals surface area contributed by atoms with E-state index in [2.05, 4.69) is 5.32 Å². The molecule has 0 saturated carbocycles. The first-order valence-electron chi connectivity index (χ1n) is 7.87. The lowest BCUT2D eigenvalue weighted by Crippen LogP contribution is -2.22. The lowest BCUT2D eigenvalue weighted by atomic mass is 10.2. The van der Waals surface area contributed by atoms with Gasteiger partial charge >= 0.3 is 5.97 Å². The van der Waals surface area contributed by atoms with Crippen molar-refractivity contribution in [3.8, 4) is 5.75 Å². The summed E-state index contributed by atoms with van der Waals surface area (Å²) in [6, 6.07) is 12.0. The highest BCUT2D eigenvalue weighted by Gasteiger charge is 2.18. The number of esters is 1. The predicted molar refractivity (Wildman–Crippen MR) is 99.2 cm³/mol. The summed E-state index contributed by atoms with van der Waals surface area (Å²) in [7, 11) is 0.763. The van der Waals surface area contributed by atoms with Gasteiger partial charge in [-0.05, 0) is 36.4 Å². The monoisotopic (exact) mass is 392 g/mol. The molecule has 1 amide bonds. The van der Waals surface area contributed by atoms with Crippen molar-refractivity contribution in [2.45, 2.75) is 4.90 Å². The fourth-order valence-corrected chi connectivity index (χ4v) is 2.99. The highest BCUT2D eigenvalue weighted by Crippen LogP contribution is 2.17. The zero-order valence-electron chi connectivity index (χ0n) is 15.1. The average Bonchev–Trinajstić information content (AvgIpc) is 2.66. The van der Waals surface area contributed by atoms with E-state index in [-0.39, 0.29) is 10.5 Å². The van der Waals surface area contributed by atoms with Crippen molar-refractivity contribution in [2.24, 2.45) is 0 Å². The number of ether oxygens (including phenoxy) is 2. The molecule has 0 heterocycles. The van der Waals surface area contributed by atoms with Gasteiger partial charge in [0.15, 0.2) is 6.61 Å². The van der Waals surface area contributed by atoms with Crippen LogP contribution in [-0.4, -0.2) is 52.4 Å². The van der Waals surface area contributed by atoms with Crippen LogP contribution in [0.15, 0.2) is 53.4 Å². The Morgan fingerprint density at radius 2 is 1.74 bits per heavy atom. The van der Waals surface area contributed by atoms with Crippen LogP contribution in [0.25, 0.3) is 0 Å². The molecular formula is C18H20N2O6S. The summed E-state index contributed by atoms with van der Waals surface area (Å²) in [5, 5.41) is 2.58. The van der Waals surface area contributed by atoms with Crippen LogP contribution < -0.4 is 10.1 Å². The number of sulfonamides is 1. The van der Waals surface area contributed by atoms with Crippen molar-refractivity contribution in [1.82, 2.24) is 4.31 Å². The van der Waals surface area contributed by atoms with E-state index in [9.17, 15) is 18.0 Å². The first-order valence-corrected chi connectivity index (χ1v) is 9.31. The number of benzene rings is 2. The van der Waals surface area contributed by atoms with Gasteiger partial charge in [0.1, 0.15) is 5.75 Å². The summed E-state index contributed by atoms with van der Waals surface area (Å²) in [5.41, 5.74) is 0.649. The smallest absolute Gasteiger partial charge is 0.338 e. The van der Waals surface area contributed by atoms with Crippen molar-refractivity contribution in [3.63, 3.8) is 0 Å². The third-order valence-corrected chi connectivity index (χ3v) is 5.39. The predicted octanol–water partition coefficient (Wildman–Crippen LogP) is 1.74. The molecule has 0 spiro atoms. The fourth-order valence-electron chi connectivity index (χ4n) is 2.09. The number of amides is 1. The van der Waals surface area contributed by atoms with Gasteiger partial charge in [0, 0.05) is 25.8 Å². The van der Waals surface area contributed by atoms with Crippen LogP contribution in [0.1, 0.15) is 10.4 Å². The molecule has 0 bridgehead atoms. The van der Waals surface area contributed by atoms with Crippen molar-refractivity contribution < 1.29 is 27.5 Å².